The van der Waals surface area contributed by atoms with Crippen molar-refractivity contribution in [3.63, 3.8) is 0 Å². The lowest BCUT2D eigenvalue weighted by atomic mass is 10.1. The van der Waals surface area contributed by atoms with E-state index in [4.69, 9.17) is 14.0 Å². The molecule has 0 saturated heterocycles. The van der Waals surface area contributed by atoms with Gasteiger partial charge in [0.15, 0.2) is 18.1 Å². The summed E-state index contributed by atoms with van der Waals surface area (Å²) < 4.78 is 16.5. The molecule has 0 aliphatic heterocycles. The van der Waals surface area contributed by atoms with Gasteiger partial charge in [-0.05, 0) is 37.1 Å². The average Bonchev–Trinajstić information content (AvgIpc) is 3.10. The number of benzene rings is 2. The molecule has 0 aliphatic carbocycles. The highest BCUT2D eigenvalue weighted by atomic mass is 16.5. The molecule has 0 fully saturated rings. The number of ether oxygens (including phenoxy) is 2. The third-order valence-electron chi connectivity index (χ3n) is 3.75. The van der Waals surface area contributed by atoms with Gasteiger partial charge in [0, 0.05) is 5.56 Å². The first-order valence-electron chi connectivity index (χ1n) is 8.03. The molecule has 1 aromatic heterocycles. The van der Waals surface area contributed by atoms with Gasteiger partial charge in [0.05, 0.1) is 7.11 Å². The lowest BCUT2D eigenvalue weighted by molar-refractivity contribution is 0.233. The van der Waals surface area contributed by atoms with Crippen molar-refractivity contribution in [3.05, 3.63) is 65.6 Å². The molecule has 2 aromatic carbocycles. The second-order valence-electron chi connectivity index (χ2n) is 5.53. The van der Waals surface area contributed by atoms with Crippen molar-refractivity contribution >= 4 is 6.08 Å². The van der Waals surface area contributed by atoms with E-state index in [0.717, 1.165) is 16.7 Å². The highest BCUT2D eigenvalue weighted by molar-refractivity contribution is 5.59. The topological polar surface area (TPSA) is 57.4 Å². The molecule has 0 unspecified atom stereocenters. The molecule has 0 saturated carbocycles. The van der Waals surface area contributed by atoms with Crippen molar-refractivity contribution in [2.75, 3.05) is 7.11 Å². The Balaban J connectivity index is 1.73. The zero-order valence-corrected chi connectivity index (χ0v) is 14.5. The molecular formula is C20H20N2O3. The Labute approximate surface area is 146 Å². The number of rotatable bonds is 6. The number of nitrogens with zero attached hydrogens (tertiary/aromatic N) is 2. The van der Waals surface area contributed by atoms with Crippen LogP contribution in [0.25, 0.3) is 17.5 Å². The molecule has 0 radical (unpaired) electrons. The summed E-state index contributed by atoms with van der Waals surface area (Å²) in [4.78, 5) is 4.40. The molecule has 5 heteroatoms. The maximum absolute atomic E-state index is 5.78. The number of allylic oxidation sites excluding steroid dienone is 1. The van der Waals surface area contributed by atoms with Gasteiger partial charge in [0.1, 0.15) is 0 Å². The van der Waals surface area contributed by atoms with Crippen molar-refractivity contribution in [1.29, 1.82) is 0 Å². The van der Waals surface area contributed by atoms with Crippen molar-refractivity contribution < 1.29 is 14.0 Å². The Bertz CT molecular complexity index is 884. The second-order valence-corrected chi connectivity index (χ2v) is 5.53. The van der Waals surface area contributed by atoms with Crippen LogP contribution in [-0.2, 0) is 6.61 Å². The van der Waals surface area contributed by atoms with Crippen LogP contribution in [0.15, 0.2) is 53.1 Å². The summed E-state index contributed by atoms with van der Waals surface area (Å²) in [6, 6.07) is 13.7. The molecule has 0 amide bonds. The average molecular weight is 336 g/mol. The van der Waals surface area contributed by atoms with Crippen LogP contribution in [0, 0.1) is 6.92 Å². The Morgan fingerprint density at radius 3 is 2.72 bits per heavy atom. The fourth-order valence-corrected chi connectivity index (χ4v) is 2.49. The van der Waals surface area contributed by atoms with Crippen molar-refractivity contribution in [2.45, 2.75) is 20.5 Å². The highest BCUT2D eigenvalue weighted by Gasteiger charge is 2.12. The number of aromatic nitrogens is 2. The van der Waals surface area contributed by atoms with Crippen LogP contribution >= 0.6 is 0 Å². The molecule has 0 aliphatic rings. The van der Waals surface area contributed by atoms with Crippen molar-refractivity contribution in [2.24, 2.45) is 0 Å². The van der Waals surface area contributed by atoms with E-state index in [1.54, 1.807) is 7.11 Å². The number of hydrogen-bond acceptors (Lipinski definition) is 5. The molecular weight excluding hydrogens is 316 g/mol. The third-order valence-corrected chi connectivity index (χ3v) is 3.75. The normalized spacial score (nSPS) is 11.0. The van der Waals surface area contributed by atoms with Gasteiger partial charge in [-0.15, -0.1) is 0 Å². The van der Waals surface area contributed by atoms with Crippen LogP contribution in [0.4, 0.5) is 0 Å². The fourth-order valence-electron chi connectivity index (χ4n) is 2.49. The lowest BCUT2D eigenvalue weighted by Crippen LogP contribution is -1.98. The number of methoxy groups -OCH3 is 1. The Morgan fingerprint density at radius 1 is 1.12 bits per heavy atom. The molecule has 3 rings (SSSR count). The highest BCUT2D eigenvalue weighted by Crippen LogP contribution is 2.29. The van der Waals surface area contributed by atoms with E-state index < -0.39 is 0 Å². The number of hydrogen-bond donors (Lipinski definition) is 0. The van der Waals surface area contributed by atoms with Gasteiger partial charge in [-0.25, -0.2) is 0 Å². The van der Waals surface area contributed by atoms with E-state index >= 15 is 0 Å². The molecule has 3 aromatic rings. The van der Waals surface area contributed by atoms with Gasteiger partial charge in [-0.2, -0.15) is 4.98 Å². The Hall–Kier alpha value is -3.08. The monoisotopic (exact) mass is 336 g/mol. The largest absolute Gasteiger partial charge is 0.493 e. The molecule has 0 atom stereocenters. The van der Waals surface area contributed by atoms with E-state index in [2.05, 4.69) is 10.1 Å². The van der Waals surface area contributed by atoms with Crippen molar-refractivity contribution in [1.82, 2.24) is 10.1 Å². The molecule has 0 spiro atoms. The summed E-state index contributed by atoms with van der Waals surface area (Å²) in [5, 5.41) is 4.03. The first-order chi connectivity index (χ1) is 12.2. The lowest BCUT2D eigenvalue weighted by Gasteiger charge is -2.09. The first-order valence-corrected chi connectivity index (χ1v) is 8.03. The predicted molar refractivity (Wildman–Crippen MR) is 96.5 cm³/mol. The summed E-state index contributed by atoms with van der Waals surface area (Å²) in [7, 11) is 1.62. The summed E-state index contributed by atoms with van der Waals surface area (Å²) >= 11 is 0. The van der Waals surface area contributed by atoms with Crippen LogP contribution in [0.5, 0.6) is 11.5 Å². The zero-order chi connectivity index (χ0) is 17.6. The van der Waals surface area contributed by atoms with Crippen molar-refractivity contribution in [3.8, 4) is 22.9 Å². The van der Waals surface area contributed by atoms with Gasteiger partial charge in [-0.3, -0.25) is 0 Å². The Kier molecular flexibility index (Phi) is 5.14. The van der Waals surface area contributed by atoms with Crippen LogP contribution in [0.2, 0.25) is 0 Å². The van der Waals surface area contributed by atoms with Gasteiger partial charge in [0.25, 0.3) is 5.89 Å². The van der Waals surface area contributed by atoms with Crippen LogP contribution in [-0.4, -0.2) is 17.3 Å². The minimum atomic E-state index is 0.179. The van der Waals surface area contributed by atoms with Gasteiger partial charge >= 0.3 is 0 Å². The molecule has 1 heterocycles. The minimum Gasteiger partial charge on any atom is -0.493 e. The summed E-state index contributed by atoms with van der Waals surface area (Å²) in [5.41, 5.74) is 3.09. The maximum Gasteiger partial charge on any atom is 0.264 e. The van der Waals surface area contributed by atoms with Gasteiger partial charge in [0.2, 0.25) is 5.82 Å². The molecule has 5 nitrogen and oxygen atoms in total. The standard InChI is InChI=1S/C20H20N2O3/c1-4-7-15-10-11-17(18(12-15)23-3)24-13-19-21-20(22-25-19)16-9-6-5-8-14(16)2/h4-12H,13H2,1-3H3/b7-4+. The number of aryl methyl sites for hydroxylation is 1. The quantitative estimate of drug-likeness (QED) is 0.655. The van der Waals surface area contributed by atoms with E-state index in [-0.39, 0.29) is 6.61 Å². The Morgan fingerprint density at radius 2 is 1.96 bits per heavy atom. The second kappa shape index (κ2) is 7.66. The van der Waals surface area contributed by atoms with E-state index in [1.165, 1.54) is 0 Å². The summed E-state index contributed by atoms with van der Waals surface area (Å²) in [6.45, 7) is 4.16. The van der Waals surface area contributed by atoms with E-state index in [1.807, 2.05) is 68.5 Å². The third kappa shape index (κ3) is 3.88. The smallest absolute Gasteiger partial charge is 0.264 e. The first kappa shape index (κ1) is 16.8. The molecule has 25 heavy (non-hydrogen) atoms. The summed E-state index contributed by atoms with van der Waals surface area (Å²) in [5.74, 6) is 2.27. The van der Waals surface area contributed by atoms with Crippen LogP contribution in [0.1, 0.15) is 23.9 Å². The van der Waals surface area contributed by atoms with E-state index in [9.17, 15) is 0 Å². The summed E-state index contributed by atoms with van der Waals surface area (Å²) in [6.07, 6.45) is 3.97. The molecule has 0 N–H and O–H groups in total. The molecule has 128 valence electrons. The minimum absolute atomic E-state index is 0.179. The van der Waals surface area contributed by atoms with E-state index in [0.29, 0.717) is 23.2 Å². The van der Waals surface area contributed by atoms with Gasteiger partial charge < -0.3 is 14.0 Å². The predicted octanol–water partition coefficient (Wildman–Crippen LogP) is 4.67. The van der Waals surface area contributed by atoms with Crippen LogP contribution in [0.3, 0.4) is 0 Å². The molecule has 0 bridgehead atoms. The van der Waals surface area contributed by atoms with Gasteiger partial charge in [-0.1, -0.05) is 47.6 Å². The van der Waals surface area contributed by atoms with Crippen LogP contribution < -0.4 is 9.47 Å². The zero-order valence-electron chi connectivity index (χ0n) is 14.5. The fraction of sp³-hybridized carbons (Fsp3) is 0.200. The maximum atomic E-state index is 5.78. The SMILES string of the molecule is C/C=C/c1ccc(OCc2nc(-c3ccccc3C)no2)c(OC)c1.